The van der Waals surface area contributed by atoms with Gasteiger partial charge in [-0.15, -0.1) is 0 Å². The van der Waals surface area contributed by atoms with Crippen molar-refractivity contribution in [1.82, 2.24) is 0 Å². The van der Waals surface area contributed by atoms with Gasteiger partial charge in [0.25, 0.3) is 0 Å². The molecule has 2 rings (SSSR count). The van der Waals surface area contributed by atoms with Gasteiger partial charge in [0.15, 0.2) is 0 Å². The van der Waals surface area contributed by atoms with Crippen LogP contribution in [-0.2, 0) is 4.79 Å². The second-order valence-corrected chi connectivity index (χ2v) is 4.59. The topological polar surface area (TPSA) is 64.9 Å². The molecular weight excluding hydrogens is 214 g/mol. The number of benzene rings is 1. The van der Waals surface area contributed by atoms with Crippen LogP contribution in [0, 0.1) is 23.2 Å². The summed E-state index contributed by atoms with van der Waals surface area (Å²) in [5, 5.41) is 15.0. The lowest BCUT2D eigenvalue weighted by molar-refractivity contribution is -0.120. The molecular formula is C13H15N3O. The molecule has 1 amide bonds. The number of carbonyl (C=O) groups excluding carboxylic acids is 1. The zero-order chi connectivity index (χ0) is 12.4. The molecule has 1 aliphatic heterocycles. The molecule has 0 aliphatic carbocycles. The molecule has 0 saturated carbocycles. The Kier molecular flexibility index (Phi) is 3.01. The average Bonchev–Trinajstić information content (AvgIpc) is 2.46. The van der Waals surface area contributed by atoms with Gasteiger partial charge in [0.1, 0.15) is 0 Å². The highest BCUT2D eigenvalue weighted by Gasteiger charge is 2.25. The molecule has 17 heavy (non-hydrogen) atoms. The highest BCUT2D eigenvalue weighted by Crippen LogP contribution is 2.28. The molecule has 1 aromatic carbocycles. The molecule has 88 valence electrons. The van der Waals surface area contributed by atoms with Crippen LogP contribution in [0.4, 0.5) is 11.4 Å². The molecule has 4 nitrogen and oxygen atoms in total. The Morgan fingerprint density at radius 1 is 1.41 bits per heavy atom. The van der Waals surface area contributed by atoms with Gasteiger partial charge < -0.3 is 10.6 Å². The number of hydrogen-bond acceptors (Lipinski definition) is 3. The summed E-state index contributed by atoms with van der Waals surface area (Å²) in [5.41, 5.74) is 2.16. The van der Waals surface area contributed by atoms with E-state index in [1.807, 2.05) is 13.8 Å². The van der Waals surface area contributed by atoms with Crippen LogP contribution >= 0.6 is 0 Å². The third kappa shape index (κ3) is 2.23. The van der Waals surface area contributed by atoms with E-state index in [0.717, 1.165) is 11.4 Å². The van der Waals surface area contributed by atoms with Crippen molar-refractivity contribution in [2.24, 2.45) is 11.8 Å². The van der Waals surface area contributed by atoms with E-state index in [9.17, 15) is 4.79 Å². The lowest BCUT2D eigenvalue weighted by atomic mass is 9.95. The van der Waals surface area contributed by atoms with E-state index in [0.29, 0.717) is 12.1 Å². The van der Waals surface area contributed by atoms with Crippen LogP contribution in [0.1, 0.15) is 19.4 Å². The van der Waals surface area contributed by atoms with E-state index in [2.05, 4.69) is 16.7 Å². The second-order valence-electron chi connectivity index (χ2n) is 4.59. The van der Waals surface area contributed by atoms with Gasteiger partial charge in [-0.25, -0.2) is 0 Å². The Morgan fingerprint density at radius 2 is 2.18 bits per heavy atom. The van der Waals surface area contributed by atoms with Gasteiger partial charge in [-0.3, -0.25) is 4.79 Å². The van der Waals surface area contributed by atoms with Gasteiger partial charge >= 0.3 is 0 Å². The Bertz CT molecular complexity index is 488. The quantitative estimate of drug-likeness (QED) is 0.775. The number of anilines is 2. The van der Waals surface area contributed by atoms with Crippen molar-refractivity contribution in [2.75, 3.05) is 17.2 Å². The van der Waals surface area contributed by atoms with Crippen LogP contribution in [0.25, 0.3) is 0 Å². The van der Waals surface area contributed by atoms with Gasteiger partial charge in [-0.05, 0) is 24.1 Å². The number of nitrogens with zero attached hydrogens (tertiary/aromatic N) is 1. The maximum absolute atomic E-state index is 12.0. The van der Waals surface area contributed by atoms with Gasteiger partial charge in [-0.1, -0.05) is 13.8 Å². The minimum absolute atomic E-state index is 0.0379. The van der Waals surface area contributed by atoms with E-state index >= 15 is 0 Å². The van der Waals surface area contributed by atoms with Crippen molar-refractivity contribution in [1.29, 1.82) is 5.26 Å². The van der Waals surface area contributed by atoms with Crippen molar-refractivity contribution < 1.29 is 4.79 Å². The SMILES string of the molecule is CC(C)C1CNc2cc(C#N)ccc2NC1=O. The molecule has 0 radical (unpaired) electrons. The fourth-order valence-corrected chi connectivity index (χ4v) is 1.95. The highest BCUT2D eigenvalue weighted by atomic mass is 16.2. The van der Waals surface area contributed by atoms with Crippen molar-refractivity contribution in [3.05, 3.63) is 23.8 Å². The second kappa shape index (κ2) is 4.46. The molecule has 1 unspecified atom stereocenters. The lowest BCUT2D eigenvalue weighted by Gasteiger charge is -2.16. The summed E-state index contributed by atoms with van der Waals surface area (Å²) in [5.74, 6) is 0.274. The number of amides is 1. The third-order valence-corrected chi connectivity index (χ3v) is 3.06. The first-order valence-corrected chi connectivity index (χ1v) is 5.70. The molecule has 1 heterocycles. The van der Waals surface area contributed by atoms with Crippen LogP contribution < -0.4 is 10.6 Å². The van der Waals surface area contributed by atoms with Crippen molar-refractivity contribution in [3.8, 4) is 6.07 Å². The summed E-state index contributed by atoms with van der Waals surface area (Å²) >= 11 is 0. The summed E-state index contributed by atoms with van der Waals surface area (Å²) < 4.78 is 0. The molecule has 0 spiro atoms. The number of nitriles is 1. The van der Waals surface area contributed by atoms with Gasteiger partial charge in [-0.2, -0.15) is 5.26 Å². The van der Waals surface area contributed by atoms with E-state index in [1.54, 1.807) is 18.2 Å². The predicted octanol–water partition coefficient (Wildman–Crippen LogP) is 2.19. The first-order chi connectivity index (χ1) is 8.11. The molecule has 1 atom stereocenters. The predicted molar refractivity (Wildman–Crippen MR) is 66.6 cm³/mol. The lowest BCUT2D eigenvalue weighted by Crippen LogP contribution is -2.29. The number of hydrogen-bond donors (Lipinski definition) is 2. The molecule has 4 heteroatoms. The van der Waals surface area contributed by atoms with Crippen LogP contribution in [0.3, 0.4) is 0 Å². The number of nitrogens with one attached hydrogen (secondary N) is 2. The van der Waals surface area contributed by atoms with Gasteiger partial charge in [0, 0.05) is 6.54 Å². The van der Waals surface area contributed by atoms with Crippen LogP contribution in [0.2, 0.25) is 0 Å². The van der Waals surface area contributed by atoms with Crippen LogP contribution in [0.5, 0.6) is 0 Å². The monoisotopic (exact) mass is 229 g/mol. The van der Waals surface area contributed by atoms with E-state index in [-0.39, 0.29) is 17.7 Å². The summed E-state index contributed by atoms with van der Waals surface area (Å²) in [4.78, 5) is 12.0. The summed E-state index contributed by atoms with van der Waals surface area (Å²) in [7, 11) is 0. The van der Waals surface area contributed by atoms with E-state index in [4.69, 9.17) is 5.26 Å². The van der Waals surface area contributed by atoms with Crippen molar-refractivity contribution in [3.63, 3.8) is 0 Å². The average molecular weight is 229 g/mol. The molecule has 0 fully saturated rings. The Morgan fingerprint density at radius 3 is 2.82 bits per heavy atom. The zero-order valence-corrected chi connectivity index (χ0v) is 9.95. The maximum Gasteiger partial charge on any atom is 0.229 e. The molecule has 1 aliphatic rings. The largest absolute Gasteiger partial charge is 0.383 e. The zero-order valence-electron chi connectivity index (χ0n) is 9.95. The fraction of sp³-hybridized carbons (Fsp3) is 0.385. The smallest absolute Gasteiger partial charge is 0.229 e. The Labute approximate surface area is 101 Å². The Balaban J connectivity index is 2.32. The van der Waals surface area contributed by atoms with Gasteiger partial charge in [0.05, 0.1) is 28.9 Å². The molecule has 2 N–H and O–H groups in total. The van der Waals surface area contributed by atoms with Crippen LogP contribution in [0.15, 0.2) is 18.2 Å². The summed E-state index contributed by atoms with van der Waals surface area (Å²) in [6, 6.07) is 7.32. The van der Waals surface area contributed by atoms with E-state index in [1.165, 1.54) is 0 Å². The molecule has 1 aromatic rings. The fourth-order valence-electron chi connectivity index (χ4n) is 1.95. The van der Waals surface area contributed by atoms with Crippen molar-refractivity contribution in [2.45, 2.75) is 13.8 Å². The van der Waals surface area contributed by atoms with Gasteiger partial charge in [0.2, 0.25) is 5.91 Å². The normalized spacial score (nSPS) is 18.7. The highest BCUT2D eigenvalue weighted by molar-refractivity contribution is 5.97. The molecule has 0 bridgehead atoms. The number of carbonyl (C=O) groups is 1. The maximum atomic E-state index is 12.0. The van der Waals surface area contributed by atoms with Crippen LogP contribution in [-0.4, -0.2) is 12.5 Å². The summed E-state index contributed by atoms with van der Waals surface area (Å²) in [6.07, 6.45) is 0. The standard InChI is InChI=1S/C13H15N3O/c1-8(2)10-7-15-12-5-9(6-14)3-4-11(12)16-13(10)17/h3-5,8,10,15H,7H2,1-2H3,(H,16,17). The number of fused-ring (bicyclic) bond motifs is 1. The summed E-state index contributed by atoms with van der Waals surface area (Å²) in [6.45, 7) is 4.66. The molecule has 0 aromatic heterocycles. The first kappa shape index (κ1) is 11.5. The third-order valence-electron chi connectivity index (χ3n) is 3.06. The number of rotatable bonds is 1. The first-order valence-electron chi connectivity index (χ1n) is 5.70. The molecule has 0 saturated heterocycles. The van der Waals surface area contributed by atoms with Crippen molar-refractivity contribution >= 4 is 17.3 Å². The Hall–Kier alpha value is -2.02. The minimum Gasteiger partial charge on any atom is -0.383 e. The minimum atomic E-state index is -0.0482. The van der Waals surface area contributed by atoms with E-state index < -0.39 is 0 Å².